The number of aromatic nitrogens is 6. The fraction of sp³-hybridized carbons (Fsp3) is 0.615. The van der Waals surface area contributed by atoms with Crippen LogP contribution in [0.1, 0.15) is 54.0 Å². The molecule has 0 aromatic carbocycles. The van der Waals surface area contributed by atoms with Gasteiger partial charge in [-0.15, -0.1) is 15.3 Å². The van der Waals surface area contributed by atoms with Gasteiger partial charge in [0.15, 0.2) is 11.5 Å². The van der Waals surface area contributed by atoms with Crippen LogP contribution in [0.4, 0.5) is 0 Å². The van der Waals surface area contributed by atoms with Gasteiger partial charge >= 0.3 is 5.97 Å². The zero-order valence-corrected chi connectivity index (χ0v) is 12.0. The van der Waals surface area contributed by atoms with Crippen LogP contribution in [-0.2, 0) is 25.9 Å². The predicted molar refractivity (Wildman–Crippen MR) is 73.0 cm³/mol. The third kappa shape index (κ3) is 2.53. The quantitative estimate of drug-likeness (QED) is 0.878. The van der Waals surface area contributed by atoms with Crippen LogP contribution >= 0.6 is 0 Å². The number of hydrogen-bond acceptors (Lipinski definition) is 5. The number of rotatable bonds is 5. The van der Waals surface area contributed by atoms with Crippen molar-refractivity contribution in [1.82, 2.24) is 29.8 Å². The van der Waals surface area contributed by atoms with Gasteiger partial charge in [0.05, 0.1) is 5.69 Å². The molecule has 0 aliphatic carbocycles. The van der Waals surface area contributed by atoms with E-state index in [2.05, 4.69) is 25.1 Å². The summed E-state index contributed by atoms with van der Waals surface area (Å²) in [5.74, 6) is 0.795. The minimum atomic E-state index is -1.03. The lowest BCUT2D eigenvalue weighted by Crippen LogP contribution is -2.17. The highest BCUT2D eigenvalue weighted by Crippen LogP contribution is 2.16. The van der Waals surface area contributed by atoms with Gasteiger partial charge in [0, 0.05) is 13.0 Å². The molecule has 0 unspecified atom stereocenters. The molecule has 21 heavy (non-hydrogen) atoms. The second-order valence-electron chi connectivity index (χ2n) is 5.24. The van der Waals surface area contributed by atoms with Crippen molar-refractivity contribution >= 4 is 5.97 Å². The van der Waals surface area contributed by atoms with Crippen LogP contribution in [0.25, 0.3) is 0 Å². The molecule has 0 bridgehead atoms. The second kappa shape index (κ2) is 5.63. The van der Waals surface area contributed by atoms with Gasteiger partial charge in [0.2, 0.25) is 0 Å². The summed E-state index contributed by atoms with van der Waals surface area (Å²) in [6.07, 6.45) is 4.69. The molecule has 1 aliphatic heterocycles. The smallest absolute Gasteiger partial charge is 0.358 e. The number of nitrogens with zero attached hydrogens (tertiary/aromatic N) is 6. The maximum absolute atomic E-state index is 11.2. The lowest BCUT2D eigenvalue weighted by molar-refractivity contribution is 0.0689. The number of carbonyl (C=O) groups is 1. The summed E-state index contributed by atoms with van der Waals surface area (Å²) in [5, 5.41) is 25.4. The number of hydrogen-bond donors (Lipinski definition) is 1. The molecule has 2 aromatic heterocycles. The SMILES string of the molecule is CCCc1c(C(=O)O)nnn1Cc1nnc2n1CCCC2. The Morgan fingerprint density at radius 2 is 2.14 bits per heavy atom. The average Bonchev–Trinajstić information content (AvgIpc) is 3.06. The molecular weight excluding hydrogens is 272 g/mol. The number of carboxylic acid groups (broad SMARTS) is 1. The molecule has 3 heterocycles. The Morgan fingerprint density at radius 1 is 1.29 bits per heavy atom. The molecule has 1 N–H and O–H groups in total. The van der Waals surface area contributed by atoms with Gasteiger partial charge in [-0.25, -0.2) is 9.48 Å². The zero-order chi connectivity index (χ0) is 14.8. The van der Waals surface area contributed by atoms with E-state index in [1.54, 1.807) is 4.68 Å². The lowest BCUT2D eigenvalue weighted by atomic mass is 10.1. The summed E-state index contributed by atoms with van der Waals surface area (Å²) in [4.78, 5) is 11.2. The van der Waals surface area contributed by atoms with Crippen LogP contribution in [0.15, 0.2) is 0 Å². The van der Waals surface area contributed by atoms with E-state index in [9.17, 15) is 9.90 Å². The standard InChI is InChI=1S/C13H18N6O2/c1-2-5-9-12(13(20)21)16-17-19(9)8-11-15-14-10-6-3-4-7-18(10)11/h2-8H2,1H3,(H,20,21). The molecule has 0 atom stereocenters. The zero-order valence-electron chi connectivity index (χ0n) is 12.0. The van der Waals surface area contributed by atoms with Crippen molar-refractivity contribution in [2.24, 2.45) is 0 Å². The van der Waals surface area contributed by atoms with Crippen molar-refractivity contribution in [2.45, 2.75) is 52.1 Å². The van der Waals surface area contributed by atoms with Crippen molar-refractivity contribution in [3.63, 3.8) is 0 Å². The van der Waals surface area contributed by atoms with Gasteiger partial charge in [0.25, 0.3) is 0 Å². The highest BCUT2D eigenvalue weighted by atomic mass is 16.4. The van der Waals surface area contributed by atoms with E-state index in [1.807, 2.05) is 6.92 Å². The maximum Gasteiger partial charge on any atom is 0.358 e. The van der Waals surface area contributed by atoms with Gasteiger partial charge < -0.3 is 9.67 Å². The first kappa shape index (κ1) is 13.7. The van der Waals surface area contributed by atoms with Gasteiger partial charge in [-0.1, -0.05) is 18.6 Å². The molecule has 8 heteroatoms. The van der Waals surface area contributed by atoms with E-state index >= 15 is 0 Å². The summed E-state index contributed by atoms with van der Waals surface area (Å²) in [6, 6.07) is 0. The Hall–Kier alpha value is -2.25. The number of aromatic carboxylic acids is 1. The molecule has 0 saturated heterocycles. The number of carboxylic acids is 1. The predicted octanol–water partition coefficient (Wildman–Crippen LogP) is 0.905. The van der Waals surface area contributed by atoms with E-state index in [-0.39, 0.29) is 5.69 Å². The summed E-state index contributed by atoms with van der Waals surface area (Å²) in [5.41, 5.74) is 0.688. The van der Waals surface area contributed by atoms with E-state index in [4.69, 9.17) is 0 Å². The lowest BCUT2D eigenvalue weighted by Gasteiger charge is -2.15. The first-order valence-corrected chi connectivity index (χ1v) is 7.27. The second-order valence-corrected chi connectivity index (χ2v) is 5.24. The normalized spacial score (nSPS) is 14.1. The fourth-order valence-electron chi connectivity index (χ4n) is 2.73. The van der Waals surface area contributed by atoms with Crippen molar-refractivity contribution in [1.29, 1.82) is 0 Å². The molecule has 0 fully saturated rings. The van der Waals surface area contributed by atoms with Crippen LogP contribution in [0, 0.1) is 0 Å². The fourth-order valence-corrected chi connectivity index (χ4v) is 2.73. The number of aryl methyl sites for hydroxylation is 1. The summed E-state index contributed by atoms with van der Waals surface area (Å²) < 4.78 is 3.75. The molecule has 0 saturated carbocycles. The van der Waals surface area contributed by atoms with E-state index in [0.29, 0.717) is 18.7 Å². The van der Waals surface area contributed by atoms with Crippen LogP contribution in [0.5, 0.6) is 0 Å². The Kier molecular flexibility index (Phi) is 3.68. The summed E-state index contributed by atoms with van der Waals surface area (Å²) >= 11 is 0. The summed E-state index contributed by atoms with van der Waals surface area (Å²) in [7, 11) is 0. The first-order valence-electron chi connectivity index (χ1n) is 7.27. The Morgan fingerprint density at radius 3 is 2.90 bits per heavy atom. The van der Waals surface area contributed by atoms with Crippen molar-refractivity contribution in [3.8, 4) is 0 Å². The highest BCUT2D eigenvalue weighted by molar-refractivity contribution is 5.86. The molecule has 1 aliphatic rings. The molecule has 8 nitrogen and oxygen atoms in total. The van der Waals surface area contributed by atoms with Crippen LogP contribution in [0.2, 0.25) is 0 Å². The van der Waals surface area contributed by atoms with E-state index in [1.165, 1.54) is 0 Å². The van der Waals surface area contributed by atoms with Crippen LogP contribution < -0.4 is 0 Å². The topological polar surface area (TPSA) is 98.7 Å². The summed E-state index contributed by atoms with van der Waals surface area (Å²) in [6.45, 7) is 3.34. The number of fused-ring (bicyclic) bond motifs is 1. The maximum atomic E-state index is 11.2. The first-order chi connectivity index (χ1) is 10.2. The molecular formula is C13H18N6O2. The molecule has 0 radical (unpaired) electrons. The third-order valence-electron chi connectivity index (χ3n) is 3.75. The minimum Gasteiger partial charge on any atom is -0.476 e. The highest BCUT2D eigenvalue weighted by Gasteiger charge is 2.21. The van der Waals surface area contributed by atoms with Crippen molar-refractivity contribution < 1.29 is 9.90 Å². The molecule has 0 amide bonds. The van der Waals surface area contributed by atoms with Gasteiger partial charge in [-0.2, -0.15) is 0 Å². The average molecular weight is 290 g/mol. The van der Waals surface area contributed by atoms with E-state index < -0.39 is 5.97 Å². The molecule has 0 spiro atoms. The van der Waals surface area contributed by atoms with Gasteiger partial charge in [0.1, 0.15) is 12.4 Å². The van der Waals surface area contributed by atoms with Crippen molar-refractivity contribution in [2.75, 3.05) is 0 Å². The Balaban J connectivity index is 1.91. The van der Waals surface area contributed by atoms with Gasteiger partial charge in [-0.3, -0.25) is 0 Å². The molecule has 112 valence electrons. The van der Waals surface area contributed by atoms with Crippen LogP contribution in [0.3, 0.4) is 0 Å². The Labute approximate surface area is 121 Å². The molecule has 3 rings (SSSR count). The third-order valence-corrected chi connectivity index (χ3v) is 3.75. The minimum absolute atomic E-state index is 0.0373. The Bertz CT molecular complexity index is 660. The van der Waals surface area contributed by atoms with Crippen molar-refractivity contribution in [3.05, 3.63) is 23.0 Å². The van der Waals surface area contributed by atoms with E-state index in [0.717, 1.165) is 43.9 Å². The van der Waals surface area contributed by atoms with Crippen LogP contribution in [-0.4, -0.2) is 40.8 Å². The largest absolute Gasteiger partial charge is 0.476 e. The monoisotopic (exact) mass is 290 g/mol. The van der Waals surface area contributed by atoms with Gasteiger partial charge in [-0.05, 0) is 19.3 Å². The molecule has 2 aromatic rings.